The lowest BCUT2D eigenvalue weighted by Crippen LogP contribution is -2.52. The molecule has 3 rings (SSSR count). The molecule has 18 heavy (non-hydrogen) atoms. The van der Waals surface area contributed by atoms with Crippen LogP contribution in [0.3, 0.4) is 0 Å². The fraction of sp³-hybridized carbons (Fsp3) is 0.533. The van der Waals surface area contributed by atoms with Gasteiger partial charge in [0, 0.05) is 18.3 Å². The molecule has 1 aromatic rings. The standard InChI is InChI=1S/C15H19NO2/c1-10-4-6-13-11(9-10)3-2-8-16(13)14-7-5-12(14)15(17)18/h4,6,9,12,14H,2-3,5,7-8H2,1H3,(H,17,18). The van der Waals surface area contributed by atoms with Crippen molar-refractivity contribution in [2.45, 2.75) is 38.6 Å². The fourth-order valence-corrected chi connectivity index (χ4v) is 3.24. The number of nitrogens with zero attached hydrogens (tertiary/aromatic N) is 1. The molecule has 0 saturated heterocycles. The summed E-state index contributed by atoms with van der Waals surface area (Å²) in [4.78, 5) is 13.5. The van der Waals surface area contributed by atoms with E-state index in [1.165, 1.54) is 16.8 Å². The highest BCUT2D eigenvalue weighted by molar-refractivity contribution is 5.74. The number of rotatable bonds is 2. The summed E-state index contributed by atoms with van der Waals surface area (Å²) in [7, 11) is 0. The third-order valence-corrected chi connectivity index (χ3v) is 4.34. The summed E-state index contributed by atoms with van der Waals surface area (Å²) in [5.74, 6) is -0.803. The summed E-state index contributed by atoms with van der Waals surface area (Å²) >= 11 is 0. The third kappa shape index (κ3) is 1.78. The molecule has 0 radical (unpaired) electrons. The van der Waals surface area contributed by atoms with Gasteiger partial charge in [-0.15, -0.1) is 0 Å². The third-order valence-electron chi connectivity index (χ3n) is 4.34. The molecule has 2 atom stereocenters. The second kappa shape index (κ2) is 4.30. The van der Waals surface area contributed by atoms with E-state index >= 15 is 0 Å². The lowest BCUT2D eigenvalue weighted by Gasteiger charge is -2.46. The number of hydrogen-bond donors (Lipinski definition) is 1. The molecule has 0 amide bonds. The van der Waals surface area contributed by atoms with Crippen molar-refractivity contribution in [3.8, 4) is 0 Å². The van der Waals surface area contributed by atoms with Gasteiger partial charge in [-0.05, 0) is 44.2 Å². The summed E-state index contributed by atoms with van der Waals surface area (Å²) in [6, 6.07) is 6.76. The minimum atomic E-state index is -0.634. The molecule has 0 bridgehead atoms. The van der Waals surface area contributed by atoms with Gasteiger partial charge in [-0.25, -0.2) is 0 Å². The van der Waals surface area contributed by atoms with Crippen LogP contribution in [0.5, 0.6) is 0 Å². The number of hydrogen-bond acceptors (Lipinski definition) is 2. The van der Waals surface area contributed by atoms with Crippen LogP contribution in [0, 0.1) is 12.8 Å². The van der Waals surface area contributed by atoms with Crippen LogP contribution in [0.25, 0.3) is 0 Å². The van der Waals surface area contributed by atoms with Crippen molar-refractivity contribution in [3.05, 3.63) is 29.3 Å². The van der Waals surface area contributed by atoms with Crippen LogP contribution in [0.1, 0.15) is 30.4 Å². The predicted octanol–water partition coefficient (Wildman–Crippen LogP) is 2.61. The molecule has 1 fully saturated rings. The topological polar surface area (TPSA) is 40.5 Å². The van der Waals surface area contributed by atoms with Crippen molar-refractivity contribution < 1.29 is 9.90 Å². The SMILES string of the molecule is Cc1ccc2c(c1)CCCN2C1CCC1C(=O)O. The van der Waals surface area contributed by atoms with E-state index in [1.54, 1.807) is 0 Å². The second-order valence-electron chi connectivity index (χ2n) is 5.52. The Morgan fingerprint density at radius 2 is 2.22 bits per heavy atom. The van der Waals surface area contributed by atoms with E-state index in [-0.39, 0.29) is 12.0 Å². The molecule has 2 unspecified atom stereocenters. The van der Waals surface area contributed by atoms with E-state index in [1.807, 2.05) is 0 Å². The summed E-state index contributed by atoms with van der Waals surface area (Å²) in [6.45, 7) is 3.12. The molecule has 3 heteroatoms. The zero-order valence-electron chi connectivity index (χ0n) is 10.7. The van der Waals surface area contributed by atoms with Crippen molar-refractivity contribution >= 4 is 11.7 Å². The smallest absolute Gasteiger partial charge is 0.308 e. The number of carboxylic acids is 1. The van der Waals surface area contributed by atoms with Crippen LogP contribution in [0.15, 0.2) is 18.2 Å². The van der Waals surface area contributed by atoms with Gasteiger partial charge >= 0.3 is 5.97 Å². The highest BCUT2D eigenvalue weighted by Gasteiger charge is 2.41. The Morgan fingerprint density at radius 3 is 2.89 bits per heavy atom. The zero-order chi connectivity index (χ0) is 12.7. The maximum atomic E-state index is 11.2. The van der Waals surface area contributed by atoms with Gasteiger partial charge in [0.15, 0.2) is 0 Å². The molecule has 2 aliphatic rings. The Kier molecular flexibility index (Phi) is 2.77. The molecule has 0 spiro atoms. The number of aliphatic carboxylic acids is 1. The predicted molar refractivity (Wildman–Crippen MR) is 71.0 cm³/mol. The molecule has 96 valence electrons. The van der Waals surface area contributed by atoms with Crippen LogP contribution in [-0.4, -0.2) is 23.7 Å². The Bertz CT molecular complexity index is 483. The van der Waals surface area contributed by atoms with E-state index in [2.05, 4.69) is 30.0 Å². The van der Waals surface area contributed by atoms with Gasteiger partial charge in [0.1, 0.15) is 0 Å². The molecule has 3 nitrogen and oxygen atoms in total. The number of carboxylic acid groups (broad SMARTS) is 1. The van der Waals surface area contributed by atoms with Gasteiger partial charge in [-0.3, -0.25) is 4.79 Å². The van der Waals surface area contributed by atoms with Gasteiger partial charge in [0.25, 0.3) is 0 Å². The average molecular weight is 245 g/mol. The molecular formula is C15H19NO2. The van der Waals surface area contributed by atoms with Gasteiger partial charge in [0.05, 0.1) is 5.92 Å². The zero-order valence-corrected chi connectivity index (χ0v) is 10.7. The molecule has 1 N–H and O–H groups in total. The first-order valence-corrected chi connectivity index (χ1v) is 6.76. The Labute approximate surface area is 107 Å². The first-order chi connectivity index (χ1) is 8.66. The van der Waals surface area contributed by atoms with Crippen molar-refractivity contribution in [1.29, 1.82) is 0 Å². The number of carbonyl (C=O) groups is 1. The van der Waals surface area contributed by atoms with Crippen LogP contribution >= 0.6 is 0 Å². The van der Waals surface area contributed by atoms with Crippen LogP contribution in [0.4, 0.5) is 5.69 Å². The summed E-state index contributed by atoms with van der Waals surface area (Å²) in [5, 5.41) is 9.20. The normalized spacial score (nSPS) is 26.4. The summed E-state index contributed by atoms with van der Waals surface area (Å²) < 4.78 is 0. The number of fused-ring (bicyclic) bond motifs is 1. The molecule has 1 aliphatic carbocycles. The van der Waals surface area contributed by atoms with E-state index in [9.17, 15) is 9.90 Å². The minimum absolute atomic E-state index is 0.169. The highest BCUT2D eigenvalue weighted by Crippen LogP contribution is 2.39. The van der Waals surface area contributed by atoms with E-state index in [0.717, 1.165) is 32.2 Å². The van der Waals surface area contributed by atoms with Crippen molar-refractivity contribution in [1.82, 2.24) is 0 Å². The van der Waals surface area contributed by atoms with Crippen LogP contribution in [0.2, 0.25) is 0 Å². The van der Waals surface area contributed by atoms with Gasteiger partial charge in [-0.2, -0.15) is 0 Å². The van der Waals surface area contributed by atoms with E-state index in [4.69, 9.17) is 0 Å². The number of benzene rings is 1. The maximum absolute atomic E-state index is 11.2. The molecule has 1 aliphatic heterocycles. The van der Waals surface area contributed by atoms with E-state index < -0.39 is 5.97 Å². The Hall–Kier alpha value is -1.51. The molecule has 1 saturated carbocycles. The van der Waals surface area contributed by atoms with E-state index in [0.29, 0.717) is 0 Å². The van der Waals surface area contributed by atoms with Crippen molar-refractivity contribution in [3.63, 3.8) is 0 Å². The molecule has 1 aromatic carbocycles. The van der Waals surface area contributed by atoms with Gasteiger partial charge in [-0.1, -0.05) is 17.7 Å². The monoisotopic (exact) mass is 245 g/mol. The molecule has 0 aromatic heterocycles. The Morgan fingerprint density at radius 1 is 1.39 bits per heavy atom. The maximum Gasteiger partial charge on any atom is 0.308 e. The quantitative estimate of drug-likeness (QED) is 0.870. The summed E-state index contributed by atoms with van der Waals surface area (Å²) in [5.41, 5.74) is 3.94. The van der Waals surface area contributed by atoms with Crippen molar-refractivity contribution in [2.24, 2.45) is 5.92 Å². The first-order valence-electron chi connectivity index (χ1n) is 6.76. The number of aryl methyl sites for hydroxylation is 2. The minimum Gasteiger partial charge on any atom is -0.481 e. The number of anilines is 1. The second-order valence-corrected chi connectivity index (χ2v) is 5.52. The first kappa shape index (κ1) is 11.6. The van der Waals surface area contributed by atoms with Gasteiger partial charge < -0.3 is 10.0 Å². The Balaban J connectivity index is 1.90. The van der Waals surface area contributed by atoms with Crippen molar-refractivity contribution in [2.75, 3.05) is 11.4 Å². The van der Waals surface area contributed by atoms with Gasteiger partial charge in [0.2, 0.25) is 0 Å². The summed E-state index contributed by atoms with van der Waals surface area (Å²) in [6.07, 6.45) is 4.11. The molecular weight excluding hydrogens is 226 g/mol. The lowest BCUT2D eigenvalue weighted by molar-refractivity contribution is -0.145. The van der Waals surface area contributed by atoms with Crippen LogP contribution < -0.4 is 4.90 Å². The highest BCUT2D eigenvalue weighted by atomic mass is 16.4. The average Bonchev–Trinajstić information content (AvgIpc) is 2.26. The largest absolute Gasteiger partial charge is 0.481 e. The molecule has 1 heterocycles. The fourth-order valence-electron chi connectivity index (χ4n) is 3.24. The van der Waals surface area contributed by atoms with Crippen LogP contribution in [-0.2, 0) is 11.2 Å². The lowest BCUT2D eigenvalue weighted by atomic mass is 9.77.